The standard InChI is InChI=1S/C22H29N3O5S/c1-4-30-22(27)19-15(2)20(23-16(19)3)21(26)24-17-10-9-11-18(14-17)31(28,29)25-12-7-5-6-8-13-25/h9-11,14,23H,4-8,12-13H2,1-3H3,(H,24,26). The summed E-state index contributed by atoms with van der Waals surface area (Å²) >= 11 is 0. The summed E-state index contributed by atoms with van der Waals surface area (Å²) in [5.41, 5.74) is 1.97. The number of sulfonamides is 1. The fourth-order valence-corrected chi connectivity index (χ4v) is 5.41. The van der Waals surface area contributed by atoms with Gasteiger partial charge in [-0.15, -0.1) is 0 Å². The first kappa shape index (κ1) is 23.0. The topological polar surface area (TPSA) is 109 Å². The fourth-order valence-electron chi connectivity index (χ4n) is 3.85. The van der Waals surface area contributed by atoms with Gasteiger partial charge in [0.15, 0.2) is 0 Å². The SMILES string of the molecule is CCOC(=O)c1c(C)[nH]c(C(=O)Nc2cccc(S(=O)(=O)N3CCCCCC3)c2)c1C. The number of carbonyl (C=O) groups is 2. The van der Waals surface area contributed by atoms with Crippen molar-refractivity contribution in [1.82, 2.24) is 9.29 Å². The monoisotopic (exact) mass is 447 g/mol. The van der Waals surface area contributed by atoms with Crippen LogP contribution in [0.3, 0.4) is 0 Å². The van der Waals surface area contributed by atoms with Crippen molar-refractivity contribution >= 4 is 27.6 Å². The van der Waals surface area contributed by atoms with Crippen molar-refractivity contribution < 1.29 is 22.7 Å². The molecule has 1 fully saturated rings. The Bertz CT molecular complexity index is 1070. The van der Waals surface area contributed by atoms with E-state index in [0.29, 0.717) is 35.6 Å². The lowest BCUT2D eigenvalue weighted by molar-refractivity contribution is 0.0525. The summed E-state index contributed by atoms with van der Waals surface area (Å²) in [5, 5.41) is 2.73. The van der Waals surface area contributed by atoms with Crippen LogP contribution in [-0.4, -0.2) is 49.3 Å². The molecule has 168 valence electrons. The number of anilines is 1. The summed E-state index contributed by atoms with van der Waals surface area (Å²) in [7, 11) is -3.62. The maximum absolute atomic E-state index is 13.0. The van der Waals surface area contributed by atoms with Gasteiger partial charge >= 0.3 is 5.97 Å². The molecule has 31 heavy (non-hydrogen) atoms. The lowest BCUT2D eigenvalue weighted by atomic mass is 10.1. The number of nitrogens with one attached hydrogen (secondary N) is 2. The molecule has 1 aliphatic heterocycles. The van der Waals surface area contributed by atoms with Gasteiger partial charge in [-0.05, 0) is 57.4 Å². The third-order valence-corrected chi connectivity index (χ3v) is 7.33. The zero-order valence-electron chi connectivity index (χ0n) is 18.2. The van der Waals surface area contributed by atoms with Crippen molar-refractivity contribution in [2.75, 3.05) is 25.0 Å². The average Bonchev–Trinajstić information content (AvgIpc) is 2.90. The van der Waals surface area contributed by atoms with Crippen molar-refractivity contribution in [1.29, 1.82) is 0 Å². The molecule has 2 heterocycles. The maximum Gasteiger partial charge on any atom is 0.340 e. The van der Waals surface area contributed by atoms with Gasteiger partial charge in [-0.1, -0.05) is 18.9 Å². The van der Waals surface area contributed by atoms with Crippen LogP contribution in [-0.2, 0) is 14.8 Å². The Labute approximate surface area is 183 Å². The molecule has 8 nitrogen and oxygen atoms in total. The lowest BCUT2D eigenvalue weighted by Gasteiger charge is -2.20. The molecule has 1 aromatic heterocycles. The van der Waals surface area contributed by atoms with Gasteiger partial charge in [0.1, 0.15) is 5.69 Å². The molecular weight excluding hydrogens is 418 g/mol. The molecule has 0 spiro atoms. The van der Waals surface area contributed by atoms with Gasteiger partial charge in [0.2, 0.25) is 10.0 Å². The molecule has 1 saturated heterocycles. The predicted molar refractivity (Wildman–Crippen MR) is 118 cm³/mol. The molecule has 0 radical (unpaired) electrons. The van der Waals surface area contributed by atoms with E-state index in [1.807, 2.05) is 0 Å². The van der Waals surface area contributed by atoms with Crippen LogP contribution < -0.4 is 5.32 Å². The molecule has 2 N–H and O–H groups in total. The lowest BCUT2D eigenvalue weighted by Crippen LogP contribution is -2.32. The predicted octanol–water partition coefficient (Wildman–Crippen LogP) is 3.63. The first-order valence-electron chi connectivity index (χ1n) is 10.5. The molecule has 0 atom stereocenters. The minimum Gasteiger partial charge on any atom is -0.462 e. The van der Waals surface area contributed by atoms with Gasteiger partial charge in [0.25, 0.3) is 5.91 Å². The third-order valence-electron chi connectivity index (χ3n) is 5.44. The van der Waals surface area contributed by atoms with Crippen LogP contribution in [0.15, 0.2) is 29.2 Å². The quantitative estimate of drug-likeness (QED) is 0.658. The summed E-state index contributed by atoms with van der Waals surface area (Å²) in [6.45, 7) is 6.35. The van der Waals surface area contributed by atoms with E-state index < -0.39 is 21.9 Å². The van der Waals surface area contributed by atoms with Crippen LogP contribution in [0.1, 0.15) is 64.7 Å². The second kappa shape index (κ2) is 9.65. The average molecular weight is 448 g/mol. The van der Waals surface area contributed by atoms with Crippen molar-refractivity contribution in [3.63, 3.8) is 0 Å². The molecule has 0 unspecified atom stereocenters. The number of carbonyl (C=O) groups excluding carboxylic acids is 2. The molecular formula is C22H29N3O5S. The Balaban J connectivity index is 1.82. The van der Waals surface area contributed by atoms with Gasteiger partial charge < -0.3 is 15.0 Å². The summed E-state index contributed by atoms with van der Waals surface area (Å²) < 4.78 is 32.7. The van der Waals surface area contributed by atoms with Crippen LogP contribution in [0, 0.1) is 13.8 Å². The summed E-state index contributed by atoms with van der Waals surface area (Å²) in [6.07, 6.45) is 3.77. The van der Waals surface area contributed by atoms with Gasteiger partial charge in [-0.3, -0.25) is 4.79 Å². The number of rotatable bonds is 6. The van der Waals surface area contributed by atoms with Crippen molar-refractivity contribution in [2.24, 2.45) is 0 Å². The number of H-pyrrole nitrogens is 1. The normalized spacial score (nSPS) is 15.3. The number of ether oxygens (including phenoxy) is 1. The van der Waals surface area contributed by atoms with Gasteiger partial charge in [-0.2, -0.15) is 4.31 Å². The van der Waals surface area contributed by atoms with Crippen molar-refractivity contribution in [3.8, 4) is 0 Å². The summed E-state index contributed by atoms with van der Waals surface area (Å²) in [4.78, 5) is 28.1. The molecule has 0 saturated carbocycles. The first-order chi connectivity index (χ1) is 14.8. The molecule has 1 amide bonds. The van der Waals surface area contributed by atoms with E-state index in [0.717, 1.165) is 25.7 Å². The number of nitrogens with zero attached hydrogens (tertiary/aromatic N) is 1. The third kappa shape index (κ3) is 4.99. The van der Waals surface area contributed by atoms with Gasteiger partial charge in [0, 0.05) is 24.5 Å². The first-order valence-corrected chi connectivity index (χ1v) is 12.0. The Morgan fingerprint density at radius 2 is 1.81 bits per heavy atom. The summed E-state index contributed by atoms with van der Waals surface area (Å²) in [6, 6.07) is 6.25. The number of hydrogen-bond donors (Lipinski definition) is 2. The highest BCUT2D eigenvalue weighted by Crippen LogP contribution is 2.24. The second-order valence-corrected chi connectivity index (χ2v) is 9.58. The molecule has 2 aromatic rings. The minimum absolute atomic E-state index is 0.152. The van der Waals surface area contributed by atoms with E-state index in [-0.39, 0.29) is 17.2 Å². The Kier molecular flexibility index (Phi) is 7.17. The van der Waals surface area contributed by atoms with Crippen molar-refractivity contribution in [3.05, 3.63) is 46.8 Å². The van der Waals surface area contributed by atoms with Crippen molar-refractivity contribution in [2.45, 2.75) is 51.3 Å². The molecule has 1 aliphatic rings. The number of esters is 1. The number of aromatic amines is 1. The smallest absolute Gasteiger partial charge is 0.340 e. The maximum atomic E-state index is 13.0. The Hall–Kier alpha value is -2.65. The van der Waals surface area contributed by atoms with E-state index in [9.17, 15) is 18.0 Å². The summed E-state index contributed by atoms with van der Waals surface area (Å²) in [5.74, 6) is -0.946. The fraction of sp³-hybridized carbons (Fsp3) is 0.455. The zero-order valence-corrected chi connectivity index (χ0v) is 19.0. The zero-order chi connectivity index (χ0) is 22.6. The number of aryl methyl sites for hydroxylation is 1. The van der Waals surface area contributed by atoms with Crippen LogP contribution in [0.4, 0.5) is 5.69 Å². The van der Waals surface area contributed by atoms with E-state index in [1.54, 1.807) is 39.0 Å². The number of amides is 1. The van der Waals surface area contributed by atoms with Gasteiger partial charge in [-0.25, -0.2) is 13.2 Å². The molecule has 9 heteroatoms. The van der Waals surface area contributed by atoms with Crippen LogP contribution in [0.2, 0.25) is 0 Å². The highest BCUT2D eigenvalue weighted by molar-refractivity contribution is 7.89. The highest BCUT2D eigenvalue weighted by Gasteiger charge is 2.26. The minimum atomic E-state index is -3.62. The largest absolute Gasteiger partial charge is 0.462 e. The Morgan fingerprint density at radius 3 is 2.45 bits per heavy atom. The van der Waals surface area contributed by atoms with E-state index in [2.05, 4.69) is 10.3 Å². The van der Waals surface area contributed by atoms with E-state index in [1.165, 1.54) is 10.4 Å². The number of hydrogen-bond acceptors (Lipinski definition) is 5. The Morgan fingerprint density at radius 1 is 1.13 bits per heavy atom. The molecule has 3 rings (SSSR count). The molecule has 0 aliphatic carbocycles. The molecule has 0 bridgehead atoms. The van der Waals surface area contributed by atoms with E-state index in [4.69, 9.17) is 4.74 Å². The van der Waals surface area contributed by atoms with Crippen LogP contribution in [0.5, 0.6) is 0 Å². The number of aromatic nitrogens is 1. The second-order valence-electron chi connectivity index (χ2n) is 7.65. The molecule has 1 aromatic carbocycles. The van der Waals surface area contributed by atoms with Crippen LogP contribution >= 0.6 is 0 Å². The number of benzene rings is 1. The van der Waals surface area contributed by atoms with E-state index >= 15 is 0 Å². The highest BCUT2D eigenvalue weighted by atomic mass is 32.2. The van der Waals surface area contributed by atoms with Crippen LogP contribution in [0.25, 0.3) is 0 Å². The van der Waals surface area contributed by atoms with Gasteiger partial charge in [0.05, 0.1) is 17.1 Å².